The highest BCUT2D eigenvalue weighted by Gasteiger charge is 2.48. The first kappa shape index (κ1) is 34.3. The normalized spacial score (nSPS) is 23.2. The van der Waals surface area contributed by atoms with Gasteiger partial charge in [-0.25, -0.2) is 4.79 Å². The lowest BCUT2D eigenvalue weighted by atomic mass is 9.72. The average Bonchev–Trinajstić information content (AvgIpc) is 3.05. The summed E-state index contributed by atoms with van der Waals surface area (Å²) in [6, 6.07) is 10.9. The van der Waals surface area contributed by atoms with Crippen molar-refractivity contribution in [3.63, 3.8) is 0 Å². The van der Waals surface area contributed by atoms with E-state index in [2.05, 4.69) is 31.4 Å². The van der Waals surface area contributed by atoms with Gasteiger partial charge in [0.1, 0.15) is 17.4 Å². The Bertz CT molecular complexity index is 1480. The largest absolute Gasteiger partial charge is 0.490 e. The highest BCUT2D eigenvalue weighted by atomic mass is 35.5. The van der Waals surface area contributed by atoms with Gasteiger partial charge in [0.15, 0.2) is 11.5 Å². The lowest BCUT2D eigenvalue weighted by Gasteiger charge is -2.54. The second kappa shape index (κ2) is 14.5. The van der Waals surface area contributed by atoms with Crippen molar-refractivity contribution in [1.82, 2.24) is 25.3 Å². The van der Waals surface area contributed by atoms with Gasteiger partial charge in [-0.3, -0.25) is 4.79 Å². The lowest BCUT2D eigenvalue weighted by molar-refractivity contribution is -0.0607. The molecule has 258 valence electrons. The zero-order valence-corrected chi connectivity index (χ0v) is 29.2. The van der Waals surface area contributed by atoms with Gasteiger partial charge in [0.25, 0.3) is 5.91 Å². The number of carbonyl (C=O) groups excluding carboxylic acids is 2. The molecule has 0 atom stereocenters. The van der Waals surface area contributed by atoms with Crippen molar-refractivity contribution < 1.29 is 19.1 Å². The summed E-state index contributed by atoms with van der Waals surface area (Å²) in [5.41, 5.74) is 0.591. The van der Waals surface area contributed by atoms with Crippen LogP contribution in [0.3, 0.4) is 0 Å². The number of hydrogen-bond donors (Lipinski definition) is 1. The smallest absolute Gasteiger partial charge is 0.410 e. The number of nitrogens with zero attached hydrogens (tertiary/aromatic N) is 6. The molecular formula is C36H48ClN7O4. The third-order valence-electron chi connectivity index (χ3n) is 10.3. The summed E-state index contributed by atoms with van der Waals surface area (Å²) >= 11 is 6.14. The number of ether oxygens (including phenoxy) is 2. The van der Waals surface area contributed by atoms with Crippen molar-refractivity contribution in [2.75, 3.05) is 50.7 Å². The monoisotopic (exact) mass is 677 g/mol. The molecule has 12 heteroatoms. The third-order valence-corrected chi connectivity index (χ3v) is 10.6. The fourth-order valence-corrected chi connectivity index (χ4v) is 7.72. The van der Waals surface area contributed by atoms with Gasteiger partial charge in [-0.1, -0.05) is 11.6 Å². The van der Waals surface area contributed by atoms with Crippen molar-refractivity contribution in [3.8, 4) is 11.8 Å². The number of rotatable bonds is 7. The summed E-state index contributed by atoms with van der Waals surface area (Å²) in [6.45, 7) is 12.6. The topological polar surface area (TPSA) is 124 Å². The molecule has 1 aliphatic carbocycles. The summed E-state index contributed by atoms with van der Waals surface area (Å²) < 4.78 is 11.6. The molecule has 1 spiro atoms. The molecule has 3 aliphatic heterocycles. The van der Waals surface area contributed by atoms with E-state index in [-0.39, 0.29) is 29.6 Å². The number of anilines is 1. The van der Waals surface area contributed by atoms with Crippen LogP contribution < -0.4 is 15.0 Å². The van der Waals surface area contributed by atoms with Crippen LogP contribution >= 0.6 is 11.6 Å². The Morgan fingerprint density at radius 3 is 2.31 bits per heavy atom. The van der Waals surface area contributed by atoms with Gasteiger partial charge in [0, 0.05) is 50.2 Å². The maximum atomic E-state index is 12.9. The van der Waals surface area contributed by atoms with Crippen LogP contribution in [-0.4, -0.2) is 95.6 Å². The molecule has 6 rings (SSSR count). The fraction of sp³-hybridized carbons (Fsp3) is 0.639. The maximum Gasteiger partial charge on any atom is 0.410 e. The molecule has 3 saturated heterocycles. The Hall–Kier alpha value is -3.62. The standard InChI is InChI=1S/C36H48ClN7O4/c1-35(2,3)48-34(46)44-23-36(24-44)14-18-42(19-15-36)22-25-12-16-43(17-13-25)32-11-10-31(40-41-32)33(45)39-27-5-8-28(9-6-27)47-29-7-4-26(21-38)30(37)20-29/h4,7,10-11,20,25,27-28H,5-6,8-9,12-19,22-24H2,1-3H3,(H,39,45)/t27-,28-. The van der Waals surface area contributed by atoms with Crippen LogP contribution in [0.1, 0.15) is 88.2 Å². The third kappa shape index (κ3) is 8.50. The molecule has 11 nitrogen and oxygen atoms in total. The Morgan fingerprint density at radius 1 is 1.00 bits per heavy atom. The van der Waals surface area contributed by atoms with Crippen LogP contribution in [0.25, 0.3) is 0 Å². The van der Waals surface area contributed by atoms with Crippen LogP contribution in [0.15, 0.2) is 30.3 Å². The molecule has 48 heavy (non-hydrogen) atoms. The Morgan fingerprint density at radius 2 is 1.71 bits per heavy atom. The maximum absolute atomic E-state index is 12.9. The van der Waals surface area contributed by atoms with Gasteiger partial charge < -0.3 is 29.5 Å². The summed E-state index contributed by atoms with van der Waals surface area (Å²) in [5.74, 6) is 1.95. The number of amides is 2. The fourth-order valence-electron chi connectivity index (χ4n) is 7.51. The quantitative estimate of drug-likeness (QED) is 0.395. The molecule has 0 unspecified atom stereocenters. The molecule has 1 N–H and O–H groups in total. The summed E-state index contributed by atoms with van der Waals surface area (Å²) in [4.78, 5) is 32.0. The van der Waals surface area contributed by atoms with Gasteiger partial charge in [0.2, 0.25) is 0 Å². The van der Waals surface area contributed by atoms with E-state index < -0.39 is 5.60 Å². The number of halogens is 1. The van der Waals surface area contributed by atoms with Gasteiger partial charge in [-0.2, -0.15) is 5.26 Å². The first-order chi connectivity index (χ1) is 23.0. The van der Waals surface area contributed by atoms with E-state index in [9.17, 15) is 9.59 Å². The number of nitriles is 1. The summed E-state index contributed by atoms with van der Waals surface area (Å²) in [5, 5.41) is 21.3. The van der Waals surface area contributed by atoms with Gasteiger partial charge in [-0.05, 0) is 115 Å². The van der Waals surface area contributed by atoms with Crippen molar-refractivity contribution in [2.45, 2.75) is 89.9 Å². The van der Waals surface area contributed by atoms with E-state index in [0.717, 1.165) is 103 Å². The number of carbonyl (C=O) groups is 2. The van der Waals surface area contributed by atoms with Gasteiger partial charge >= 0.3 is 6.09 Å². The van der Waals surface area contributed by atoms with Crippen LogP contribution in [0, 0.1) is 22.7 Å². The second-order valence-electron chi connectivity index (χ2n) is 15.2. The summed E-state index contributed by atoms with van der Waals surface area (Å²) in [7, 11) is 0. The lowest BCUT2D eigenvalue weighted by Crippen LogP contribution is -2.62. The number of hydrogen-bond acceptors (Lipinski definition) is 9. The van der Waals surface area contributed by atoms with Crippen molar-refractivity contribution in [3.05, 3.63) is 46.6 Å². The predicted molar refractivity (Wildman–Crippen MR) is 183 cm³/mol. The van der Waals surface area contributed by atoms with Gasteiger partial charge in [0.05, 0.1) is 16.7 Å². The number of aromatic nitrogens is 2. The van der Waals surface area contributed by atoms with Crippen molar-refractivity contribution >= 4 is 29.4 Å². The van der Waals surface area contributed by atoms with E-state index in [0.29, 0.717) is 27.9 Å². The highest BCUT2D eigenvalue weighted by Crippen LogP contribution is 2.41. The molecule has 0 radical (unpaired) electrons. The van der Waals surface area contributed by atoms with Crippen molar-refractivity contribution in [1.29, 1.82) is 5.26 Å². The minimum absolute atomic E-state index is 0.0448. The second-order valence-corrected chi connectivity index (χ2v) is 15.6. The van der Waals surface area contributed by atoms with E-state index in [1.807, 2.05) is 31.7 Å². The van der Waals surface area contributed by atoms with Crippen LogP contribution in [0.5, 0.6) is 5.75 Å². The molecule has 4 fully saturated rings. The number of piperidine rings is 2. The molecule has 1 aromatic carbocycles. The van der Waals surface area contributed by atoms with Crippen LogP contribution in [0.4, 0.5) is 10.6 Å². The zero-order chi connectivity index (χ0) is 33.9. The Balaban J connectivity index is 0.875. The Labute approximate surface area is 288 Å². The van der Waals surface area contributed by atoms with Crippen LogP contribution in [0.2, 0.25) is 5.02 Å². The SMILES string of the molecule is CC(C)(C)OC(=O)N1CC2(CCN(CC3CCN(c4ccc(C(=O)N[C@H]5CC[C@H](Oc6ccc(C#N)c(Cl)c6)CC5)nn4)CC3)CC2)C1. The molecule has 1 saturated carbocycles. The Kier molecular flexibility index (Phi) is 10.3. The molecule has 4 aliphatic rings. The minimum Gasteiger partial charge on any atom is -0.490 e. The predicted octanol–water partition coefficient (Wildman–Crippen LogP) is 5.67. The van der Waals surface area contributed by atoms with E-state index in [1.54, 1.807) is 24.3 Å². The number of benzene rings is 1. The first-order valence-corrected chi connectivity index (χ1v) is 17.8. The molecule has 2 aromatic rings. The zero-order valence-electron chi connectivity index (χ0n) is 28.4. The number of likely N-dealkylation sites (tertiary alicyclic amines) is 2. The van der Waals surface area contributed by atoms with Crippen molar-refractivity contribution in [2.24, 2.45) is 11.3 Å². The molecule has 4 heterocycles. The summed E-state index contributed by atoms with van der Waals surface area (Å²) in [6.07, 6.45) is 7.63. The molecular weight excluding hydrogens is 630 g/mol. The van der Waals surface area contributed by atoms with Crippen LogP contribution in [-0.2, 0) is 4.74 Å². The minimum atomic E-state index is -0.449. The van der Waals surface area contributed by atoms with E-state index in [1.165, 1.54) is 0 Å². The van der Waals surface area contributed by atoms with Gasteiger partial charge in [-0.15, -0.1) is 10.2 Å². The first-order valence-electron chi connectivity index (χ1n) is 17.4. The van der Waals surface area contributed by atoms with E-state index in [4.69, 9.17) is 26.3 Å². The molecule has 0 bridgehead atoms. The van der Waals surface area contributed by atoms with E-state index >= 15 is 0 Å². The molecule has 1 aromatic heterocycles. The molecule has 2 amide bonds. The highest BCUT2D eigenvalue weighted by molar-refractivity contribution is 6.31. The number of nitrogens with one attached hydrogen (secondary N) is 1. The average molecular weight is 678 g/mol.